The van der Waals surface area contributed by atoms with Crippen molar-refractivity contribution in [2.45, 2.75) is 20.8 Å². The average Bonchev–Trinajstić information content (AvgIpc) is 2.29. The van der Waals surface area contributed by atoms with Crippen LogP contribution < -0.4 is 5.84 Å². The molecule has 0 atom stereocenters. The van der Waals surface area contributed by atoms with Crippen molar-refractivity contribution in [3.63, 3.8) is 0 Å². The van der Waals surface area contributed by atoms with Gasteiger partial charge >= 0.3 is 0 Å². The molecule has 0 bridgehead atoms. The van der Waals surface area contributed by atoms with Crippen LogP contribution in [-0.4, -0.2) is 43.3 Å². The fraction of sp³-hybridized carbons (Fsp3) is 0.692. The second-order valence-electron chi connectivity index (χ2n) is 4.68. The van der Waals surface area contributed by atoms with Gasteiger partial charge in [-0.1, -0.05) is 19.9 Å². The fourth-order valence-corrected chi connectivity index (χ4v) is 2.07. The molecule has 1 saturated heterocycles. The predicted molar refractivity (Wildman–Crippen MR) is 71.0 cm³/mol. The largest absolute Gasteiger partial charge is 0.378 e. The molecule has 2 N–H and O–H groups in total. The Morgan fingerprint density at radius 3 is 2.35 bits per heavy atom. The van der Waals surface area contributed by atoms with Gasteiger partial charge in [0.25, 0.3) is 0 Å². The normalized spacial score (nSPS) is 18.8. The Morgan fingerprint density at radius 1 is 1.35 bits per heavy atom. The summed E-state index contributed by atoms with van der Waals surface area (Å²) < 4.78 is 5.39. The van der Waals surface area contributed by atoms with Crippen LogP contribution in [0, 0.1) is 5.92 Å². The van der Waals surface area contributed by atoms with Gasteiger partial charge in [0, 0.05) is 32.0 Å². The van der Waals surface area contributed by atoms with Crippen LogP contribution in [0.3, 0.4) is 0 Å². The van der Waals surface area contributed by atoms with E-state index in [-0.39, 0.29) is 0 Å². The van der Waals surface area contributed by atoms with E-state index in [1.807, 2.05) is 13.2 Å². The summed E-state index contributed by atoms with van der Waals surface area (Å²) in [6.45, 7) is 9.99. The van der Waals surface area contributed by atoms with E-state index in [0.29, 0.717) is 5.92 Å². The SMILES string of the molecule is C/C=C(\C(=C/N(C)N)C(C)C)N1CCOCC1. The standard InChI is InChI=1S/C13H25N3O/c1-5-13(16-6-8-17-9-7-16)12(11(2)3)10-15(4)14/h5,10-11H,6-9,14H2,1-4H3/b12-10-,13-5+. The van der Waals surface area contributed by atoms with Crippen LogP contribution in [0.2, 0.25) is 0 Å². The fourth-order valence-electron chi connectivity index (χ4n) is 2.07. The van der Waals surface area contributed by atoms with Gasteiger partial charge in [0.1, 0.15) is 0 Å². The van der Waals surface area contributed by atoms with Gasteiger partial charge in [-0.15, -0.1) is 0 Å². The summed E-state index contributed by atoms with van der Waals surface area (Å²) in [6, 6.07) is 0. The lowest BCUT2D eigenvalue weighted by atomic mass is 9.99. The lowest BCUT2D eigenvalue weighted by molar-refractivity contribution is 0.0541. The molecule has 0 amide bonds. The molecular weight excluding hydrogens is 214 g/mol. The first-order chi connectivity index (χ1) is 8.06. The maximum atomic E-state index is 5.74. The van der Waals surface area contributed by atoms with Crippen molar-refractivity contribution < 1.29 is 4.74 Å². The molecule has 4 nitrogen and oxygen atoms in total. The number of rotatable bonds is 4. The van der Waals surface area contributed by atoms with Crippen molar-refractivity contribution in [2.75, 3.05) is 33.4 Å². The third kappa shape index (κ3) is 4.06. The Morgan fingerprint density at radius 2 is 1.94 bits per heavy atom. The lowest BCUT2D eigenvalue weighted by Gasteiger charge is -2.33. The quantitative estimate of drug-likeness (QED) is 0.459. The Kier molecular flexibility index (Phi) is 5.51. The van der Waals surface area contributed by atoms with Crippen LogP contribution in [0.5, 0.6) is 0 Å². The minimum absolute atomic E-state index is 0.454. The van der Waals surface area contributed by atoms with E-state index in [1.165, 1.54) is 11.3 Å². The van der Waals surface area contributed by atoms with Crippen molar-refractivity contribution in [3.05, 3.63) is 23.5 Å². The maximum absolute atomic E-state index is 5.74. The summed E-state index contributed by atoms with van der Waals surface area (Å²) in [4.78, 5) is 2.37. The maximum Gasteiger partial charge on any atom is 0.0642 e. The number of hydrazine groups is 1. The van der Waals surface area contributed by atoms with Crippen molar-refractivity contribution in [3.8, 4) is 0 Å². The van der Waals surface area contributed by atoms with Crippen LogP contribution in [0.25, 0.3) is 0 Å². The molecule has 0 unspecified atom stereocenters. The number of hydrogen-bond acceptors (Lipinski definition) is 4. The summed E-state index contributed by atoms with van der Waals surface area (Å²) in [5.41, 5.74) is 2.56. The van der Waals surface area contributed by atoms with E-state index in [1.54, 1.807) is 5.01 Å². The molecule has 0 aromatic heterocycles. The summed E-state index contributed by atoms with van der Waals surface area (Å²) in [5, 5.41) is 1.62. The monoisotopic (exact) mass is 239 g/mol. The minimum atomic E-state index is 0.454. The lowest BCUT2D eigenvalue weighted by Crippen LogP contribution is -2.37. The number of hydrogen-bond donors (Lipinski definition) is 1. The van der Waals surface area contributed by atoms with Gasteiger partial charge in [0.2, 0.25) is 0 Å². The highest BCUT2D eigenvalue weighted by Crippen LogP contribution is 2.23. The van der Waals surface area contributed by atoms with Crippen LogP contribution in [0.15, 0.2) is 23.5 Å². The molecule has 1 aliphatic rings. The van der Waals surface area contributed by atoms with Crippen molar-refractivity contribution in [2.24, 2.45) is 11.8 Å². The number of nitrogens with zero attached hydrogens (tertiary/aromatic N) is 2. The molecule has 1 fully saturated rings. The minimum Gasteiger partial charge on any atom is -0.378 e. The van der Waals surface area contributed by atoms with Gasteiger partial charge in [0.05, 0.1) is 13.2 Å². The van der Waals surface area contributed by atoms with Crippen LogP contribution >= 0.6 is 0 Å². The molecule has 98 valence electrons. The number of nitrogens with two attached hydrogens (primary N) is 1. The Bertz CT molecular complexity index is 289. The van der Waals surface area contributed by atoms with Gasteiger partial charge in [-0.3, -0.25) is 0 Å². The molecule has 4 heteroatoms. The molecule has 0 aromatic rings. The molecule has 0 aromatic carbocycles. The highest BCUT2D eigenvalue weighted by molar-refractivity contribution is 5.30. The van der Waals surface area contributed by atoms with E-state index >= 15 is 0 Å². The first-order valence-corrected chi connectivity index (χ1v) is 6.25. The van der Waals surface area contributed by atoms with E-state index in [9.17, 15) is 0 Å². The topological polar surface area (TPSA) is 41.7 Å². The summed E-state index contributed by atoms with van der Waals surface area (Å²) in [5.74, 6) is 6.19. The third-order valence-electron chi connectivity index (χ3n) is 2.89. The first kappa shape index (κ1) is 14.1. The molecule has 17 heavy (non-hydrogen) atoms. The van der Waals surface area contributed by atoms with Crippen molar-refractivity contribution >= 4 is 0 Å². The van der Waals surface area contributed by atoms with E-state index in [4.69, 9.17) is 10.6 Å². The van der Waals surface area contributed by atoms with E-state index < -0.39 is 0 Å². The number of allylic oxidation sites excluding steroid dienone is 2. The highest BCUT2D eigenvalue weighted by Gasteiger charge is 2.18. The summed E-state index contributed by atoms with van der Waals surface area (Å²) >= 11 is 0. The number of morpholine rings is 1. The third-order valence-corrected chi connectivity index (χ3v) is 2.89. The van der Waals surface area contributed by atoms with Crippen molar-refractivity contribution in [1.29, 1.82) is 0 Å². The zero-order chi connectivity index (χ0) is 12.8. The van der Waals surface area contributed by atoms with Gasteiger partial charge < -0.3 is 14.6 Å². The summed E-state index contributed by atoms with van der Waals surface area (Å²) in [7, 11) is 1.86. The second kappa shape index (κ2) is 6.67. The van der Waals surface area contributed by atoms with Crippen molar-refractivity contribution in [1.82, 2.24) is 9.91 Å². The zero-order valence-corrected chi connectivity index (χ0v) is 11.4. The van der Waals surface area contributed by atoms with Gasteiger partial charge in [-0.25, -0.2) is 5.84 Å². The molecular formula is C13H25N3O. The Balaban J connectivity index is 2.89. The average molecular weight is 239 g/mol. The molecule has 0 radical (unpaired) electrons. The molecule has 1 heterocycles. The molecule has 1 aliphatic heterocycles. The first-order valence-electron chi connectivity index (χ1n) is 6.25. The predicted octanol–water partition coefficient (Wildman–Crippen LogP) is 1.57. The molecule has 0 saturated carbocycles. The van der Waals surface area contributed by atoms with E-state index in [2.05, 4.69) is 31.7 Å². The molecule has 0 spiro atoms. The Labute approximate surface area is 105 Å². The smallest absolute Gasteiger partial charge is 0.0642 e. The summed E-state index contributed by atoms with van der Waals surface area (Å²) in [6.07, 6.45) is 4.18. The Hall–Kier alpha value is -1.00. The van der Waals surface area contributed by atoms with Gasteiger partial charge in [-0.2, -0.15) is 0 Å². The van der Waals surface area contributed by atoms with Gasteiger partial charge in [-0.05, 0) is 18.4 Å². The van der Waals surface area contributed by atoms with Gasteiger partial charge in [0.15, 0.2) is 0 Å². The zero-order valence-electron chi connectivity index (χ0n) is 11.4. The number of ether oxygens (including phenoxy) is 1. The van der Waals surface area contributed by atoms with Crippen LogP contribution in [-0.2, 0) is 4.74 Å². The molecule has 0 aliphatic carbocycles. The second-order valence-corrected chi connectivity index (χ2v) is 4.68. The highest BCUT2D eigenvalue weighted by atomic mass is 16.5. The van der Waals surface area contributed by atoms with E-state index in [0.717, 1.165) is 26.3 Å². The molecule has 1 rings (SSSR count). The van der Waals surface area contributed by atoms with Crippen LogP contribution in [0.4, 0.5) is 0 Å². The van der Waals surface area contributed by atoms with Crippen LogP contribution in [0.1, 0.15) is 20.8 Å².